The van der Waals surface area contributed by atoms with Crippen LogP contribution in [0.1, 0.15) is 19.4 Å². The van der Waals surface area contributed by atoms with Crippen LogP contribution in [0.4, 0.5) is 0 Å². The van der Waals surface area contributed by atoms with Gasteiger partial charge in [0, 0.05) is 6.54 Å². The first-order chi connectivity index (χ1) is 9.29. The molecule has 108 valence electrons. The van der Waals surface area contributed by atoms with E-state index < -0.39 is 15.6 Å². The highest BCUT2D eigenvalue weighted by molar-refractivity contribution is 7.89. The van der Waals surface area contributed by atoms with Gasteiger partial charge in [0.25, 0.3) is 0 Å². The number of sulfonamides is 1. The number of rotatable bonds is 2. The summed E-state index contributed by atoms with van der Waals surface area (Å²) in [7, 11) is -3.76. The van der Waals surface area contributed by atoms with Crippen molar-refractivity contribution in [2.45, 2.75) is 24.3 Å². The van der Waals surface area contributed by atoms with Crippen molar-refractivity contribution in [2.75, 3.05) is 19.8 Å². The zero-order valence-corrected chi connectivity index (χ0v) is 12.8. The van der Waals surface area contributed by atoms with E-state index in [2.05, 4.69) is 0 Å². The largest absolute Gasteiger partial charge is 0.378 e. The number of ether oxygens (including phenoxy) is 1. The van der Waals surface area contributed by atoms with Crippen molar-refractivity contribution < 1.29 is 13.2 Å². The zero-order valence-electron chi connectivity index (χ0n) is 11.3. The summed E-state index contributed by atoms with van der Waals surface area (Å²) >= 11 is 6.00. The molecule has 0 saturated carbocycles. The molecule has 0 atom stereocenters. The number of nitrogens with zero attached hydrogens (tertiary/aromatic N) is 2. The SMILES string of the molecule is CC1(C)COCCN1S(=O)(=O)c1cc(C#N)ccc1Cl. The van der Waals surface area contributed by atoms with Gasteiger partial charge in [0.1, 0.15) is 4.90 Å². The van der Waals surface area contributed by atoms with Crippen LogP contribution in [0.2, 0.25) is 5.02 Å². The Kier molecular flexibility index (Phi) is 4.07. The predicted molar refractivity (Wildman–Crippen MR) is 75.0 cm³/mol. The van der Waals surface area contributed by atoms with Gasteiger partial charge >= 0.3 is 0 Å². The number of morpholine rings is 1. The number of benzene rings is 1. The average Bonchev–Trinajstić information content (AvgIpc) is 2.38. The van der Waals surface area contributed by atoms with Crippen molar-refractivity contribution in [3.05, 3.63) is 28.8 Å². The molecule has 0 N–H and O–H groups in total. The summed E-state index contributed by atoms with van der Waals surface area (Å²) in [6.07, 6.45) is 0. The van der Waals surface area contributed by atoms with Gasteiger partial charge in [-0.2, -0.15) is 9.57 Å². The van der Waals surface area contributed by atoms with E-state index in [4.69, 9.17) is 21.6 Å². The fourth-order valence-corrected chi connectivity index (χ4v) is 4.43. The summed E-state index contributed by atoms with van der Waals surface area (Å²) in [5.41, 5.74) is -0.387. The van der Waals surface area contributed by atoms with Crippen LogP contribution in [0.5, 0.6) is 0 Å². The van der Waals surface area contributed by atoms with Crippen LogP contribution in [0.3, 0.4) is 0 Å². The number of hydrogen-bond donors (Lipinski definition) is 0. The van der Waals surface area contributed by atoms with Crippen molar-refractivity contribution in [1.82, 2.24) is 4.31 Å². The Bertz CT molecular complexity index is 665. The second-order valence-corrected chi connectivity index (χ2v) is 7.44. The second kappa shape index (κ2) is 5.34. The lowest BCUT2D eigenvalue weighted by molar-refractivity contribution is -0.00770. The maximum atomic E-state index is 12.8. The highest BCUT2D eigenvalue weighted by Gasteiger charge is 2.40. The van der Waals surface area contributed by atoms with E-state index in [0.29, 0.717) is 13.2 Å². The monoisotopic (exact) mass is 314 g/mol. The van der Waals surface area contributed by atoms with Crippen LogP contribution < -0.4 is 0 Å². The van der Waals surface area contributed by atoms with E-state index in [9.17, 15) is 8.42 Å². The molecule has 1 aliphatic heterocycles. The van der Waals surface area contributed by atoms with Crippen LogP contribution in [-0.4, -0.2) is 38.0 Å². The molecule has 0 unspecified atom stereocenters. The Hall–Kier alpha value is -1.13. The predicted octanol–water partition coefficient (Wildman–Crippen LogP) is 2.01. The molecule has 1 aromatic carbocycles. The van der Waals surface area contributed by atoms with Crippen LogP contribution in [0.25, 0.3) is 0 Å². The Labute approximate surface area is 123 Å². The van der Waals surface area contributed by atoms with Gasteiger partial charge in [-0.15, -0.1) is 0 Å². The van der Waals surface area contributed by atoms with Crippen molar-refractivity contribution in [1.29, 1.82) is 5.26 Å². The minimum absolute atomic E-state index is 0.0341. The molecule has 1 aliphatic rings. The zero-order chi connectivity index (χ0) is 15.0. The van der Waals surface area contributed by atoms with Gasteiger partial charge < -0.3 is 4.74 Å². The van der Waals surface area contributed by atoms with E-state index >= 15 is 0 Å². The molecular formula is C13H15ClN2O3S. The van der Waals surface area contributed by atoms with Crippen LogP contribution >= 0.6 is 11.6 Å². The third-order valence-corrected chi connectivity index (χ3v) is 5.79. The summed E-state index contributed by atoms with van der Waals surface area (Å²) in [5, 5.41) is 9.03. The van der Waals surface area contributed by atoms with Gasteiger partial charge in [0.05, 0.1) is 35.4 Å². The van der Waals surface area contributed by atoms with Crippen molar-refractivity contribution >= 4 is 21.6 Å². The lowest BCUT2D eigenvalue weighted by Crippen LogP contribution is -2.55. The molecule has 1 saturated heterocycles. The molecule has 5 nitrogen and oxygen atoms in total. The fourth-order valence-electron chi connectivity index (χ4n) is 2.18. The topological polar surface area (TPSA) is 70.4 Å². The standard InChI is InChI=1S/C13H15ClN2O3S/c1-13(2)9-19-6-5-16(13)20(17,18)12-7-10(8-15)3-4-11(12)14/h3-4,7H,5-6,9H2,1-2H3. The first kappa shape index (κ1) is 15.3. The summed E-state index contributed by atoms with van der Waals surface area (Å²) in [6, 6.07) is 6.16. The van der Waals surface area contributed by atoms with Crippen molar-refractivity contribution in [3.8, 4) is 6.07 Å². The first-order valence-electron chi connectivity index (χ1n) is 6.09. The highest BCUT2D eigenvalue weighted by atomic mass is 35.5. The number of halogens is 1. The lowest BCUT2D eigenvalue weighted by atomic mass is 10.1. The highest BCUT2D eigenvalue weighted by Crippen LogP contribution is 2.31. The average molecular weight is 315 g/mol. The van der Waals surface area contributed by atoms with Gasteiger partial charge in [0.15, 0.2) is 0 Å². The minimum atomic E-state index is -3.76. The summed E-state index contributed by atoms with van der Waals surface area (Å²) in [6.45, 7) is 4.53. The Morgan fingerprint density at radius 3 is 2.75 bits per heavy atom. The maximum Gasteiger partial charge on any atom is 0.245 e. The first-order valence-corrected chi connectivity index (χ1v) is 7.91. The van der Waals surface area contributed by atoms with Gasteiger partial charge in [-0.05, 0) is 32.0 Å². The van der Waals surface area contributed by atoms with Crippen LogP contribution in [0.15, 0.2) is 23.1 Å². The number of nitriles is 1. The van der Waals surface area contributed by atoms with Gasteiger partial charge in [-0.1, -0.05) is 11.6 Å². The van der Waals surface area contributed by atoms with Crippen molar-refractivity contribution in [3.63, 3.8) is 0 Å². The third kappa shape index (κ3) is 2.67. The Morgan fingerprint density at radius 2 is 2.15 bits per heavy atom. The molecule has 0 amide bonds. The molecule has 7 heteroatoms. The normalized spacial score (nSPS) is 19.5. The molecule has 2 rings (SSSR count). The van der Waals surface area contributed by atoms with Gasteiger partial charge in [-0.25, -0.2) is 8.42 Å². The quantitative estimate of drug-likeness (QED) is 0.837. The molecule has 0 aliphatic carbocycles. The third-order valence-electron chi connectivity index (χ3n) is 3.20. The number of hydrogen-bond acceptors (Lipinski definition) is 4. The van der Waals surface area contributed by atoms with E-state index in [1.54, 1.807) is 13.8 Å². The van der Waals surface area contributed by atoms with E-state index in [-0.39, 0.29) is 22.0 Å². The lowest BCUT2D eigenvalue weighted by Gasteiger charge is -2.40. The van der Waals surface area contributed by atoms with E-state index in [1.165, 1.54) is 22.5 Å². The smallest absolute Gasteiger partial charge is 0.245 e. The van der Waals surface area contributed by atoms with Crippen LogP contribution in [-0.2, 0) is 14.8 Å². The Morgan fingerprint density at radius 1 is 1.45 bits per heavy atom. The molecule has 0 bridgehead atoms. The summed E-state index contributed by atoms with van der Waals surface area (Å²) < 4.78 is 32.2. The van der Waals surface area contributed by atoms with Crippen LogP contribution in [0, 0.1) is 11.3 Å². The molecule has 0 spiro atoms. The second-order valence-electron chi connectivity index (χ2n) is 5.20. The molecule has 0 aromatic heterocycles. The molecule has 1 fully saturated rings. The minimum Gasteiger partial charge on any atom is -0.378 e. The summed E-state index contributed by atoms with van der Waals surface area (Å²) in [4.78, 5) is -0.0341. The van der Waals surface area contributed by atoms with Gasteiger partial charge in [-0.3, -0.25) is 0 Å². The van der Waals surface area contributed by atoms with Gasteiger partial charge in [0.2, 0.25) is 10.0 Å². The van der Waals surface area contributed by atoms with E-state index in [0.717, 1.165) is 0 Å². The molecule has 20 heavy (non-hydrogen) atoms. The fraction of sp³-hybridized carbons (Fsp3) is 0.462. The molecule has 1 aromatic rings. The van der Waals surface area contributed by atoms with Crippen molar-refractivity contribution in [2.24, 2.45) is 0 Å². The molecule has 1 heterocycles. The molecular weight excluding hydrogens is 300 g/mol. The molecule has 0 radical (unpaired) electrons. The Balaban J connectivity index is 2.53. The summed E-state index contributed by atoms with van der Waals surface area (Å²) in [5.74, 6) is 0. The maximum absolute atomic E-state index is 12.8. The van der Waals surface area contributed by atoms with E-state index in [1.807, 2.05) is 6.07 Å².